The zero-order valence-corrected chi connectivity index (χ0v) is 10.4. The Morgan fingerprint density at radius 3 is 2.56 bits per heavy atom. The average Bonchev–Trinajstić information content (AvgIpc) is 2.17. The van der Waals surface area contributed by atoms with Crippen molar-refractivity contribution in [1.82, 2.24) is 4.98 Å². The molecular formula is C11H15ClN2O2. The number of hydrogen-bond donors (Lipinski definition) is 0. The van der Waals surface area contributed by atoms with Crippen LogP contribution in [0.2, 0.25) is 0 Å². The maximum atomic E-state index is 10.6. The van der Waals surface area contributed by atoms with Crippen molar-refractivity contribution in [2.75, 3.05) is 0 Å². The normalized spacial score (nSPS) is 14.5. The molecule has 0 aliphatic heterocycles. The van der Waals surface area contributed by atoms with E-state index in [1.54, 1.807) is 13.0 Å². The van der Waals surface area contributed by atoms with Crippen molar-refractivity contribution in [3.63, 3.8) is 0 Å². The number of halogens is 1. The SMILES string of the molecule is CCC(c1ccc([N+](=O)[O-])c(C)n1)C(C)Cl. The van der Waals surface area contributed by atoms with E-state index in [-0.39, 0.29) is 17.0 Å². The predicted molar refractivity (Wildman–Crippen MR) is 64.0 cm³/mol. The van der Waals surface area contributed by atoms with Gasteiger partial charge in [-0.25, -0.2) is 0 Å². The number of nitrogens with zero attached hydrogens (tertiary/aromatic N) is 2. The Morgan fingerprint density at radius 1 is 1.56 bits per heavy atom. The highest BCUT2D eigenvalue weighted by molar-refractivity contribution is 6.20. The molecule has 1 rings (SSSR count). The molecule has 2 unspecified atom stereocenters. The van der Waals surface area contributed by atoms with Gasteiger partial charge in [-0.05, 0) is 26.3 Å². The van der Waals surface area contributed by atoms with Gasteiger partial charge in [-0.15, -0.1) is 11.6 Å². The second-order valence-electron chi connectivity index (χ2n) is 3.79. The molecule has 5 heteroatoms. The van der Waals surface area contributed by atoms with Crippen LogP contribution in [0, 0.1) is 17.0 Å². The lowest BCUT2D eigenvalue weighted by molar-refractivity contribution is -0.385. The molecule has 16 heavy (non-hydrogen) atoms. The lowest BCUT2D eigenvalue weighted by Crippen LogP contribution is -2.11. The summed E-state index contributed by atoms with van der Waals surface area (Å²) in [5.74, 6) is 0.140. The molecule has 0 bridgehead atoms. The van der Waals surface area contributed by atoms with Crippen molar-refractivity contribution in [1.29, 1.82) is 0 Å². The van der Waals surface area contributed by atoms with E-state index in [1.165, 1.54) is 6.07 Å². The highest BCUT2D eigenvalue weighted by Crippen LogP contribution is 2.27. The lowest BCUT2D eigenvalue weighted by atomic mass is 9.98. The second kappa shape index (κ2) is 5.25. The van der Waals surface area contributed by atoms with E-state index in [9.17, 15) is 10.1 Å². The Bertz CT molecular complexity index is 394. The van der Waals surface area contributed by atoms with Crippen LogP contribution in [-0.2, 0) is 0 Å². The fourth-order valence-electron chi connectivity index (χ4n) is 1.74. The Kier molecular flexibility index (Phi) is 4.24. The predicted octanol–water partition coefficient (Wildman–Crippen LogP) is 3.42. The average molecular weight is 243 g/mol. The Labute approximate surface area is 99.8 Å². The lowest BCUT2D eigenvalue weighted by Gasteiger charge is -2.16. The monoisotopic (exact) mass is 242 g/mol. The minimum absolute atomic E-state index is 0.0293. The molecule has 0 radical (unpaired) electrons. The van der Waals surface area contributed by atoms with Crippen LogP contribution in [0.5, 0.6) is 0 Å². The molecule has 4 nitrogen and oxygen atoms in total. The summed E-state index contributed by atoms with van der Waals surface area (Å²) in [5.41, 5.74) is 1.33. The van der Waals surface area contributed by atoms with Crippen LogP contribution in [0.15, 0.2) is 12.1 Å². The molecule has 0 spiro atoms. The standard InChI is InChI=1S/C11H15ClN2O2/c1-4-9(7(2)12)10-5-6-11(14(15)16)8(3)13-10/h5-7,9H,4H2,1-3H3. The zero-order valence-electron chi connectivity index (χ0n) is 9.61. The van der Waals surface area contributed by atoms with E-state index < -0.39 is 4.92 Å². The van der Waals surface area contributed by atoms with Crippen LogP contribution in [0.1, 0.15) is 37.6 Å². The third-order valence-electron chi connectivity index (χ3n) is 2.65. The van der Waals surface area contributed by atoms with Crippen LogP contribution in [0.4, 0.5) is 5.69 Å². The number of aryl methyl sites for hydroxylation is 1. The Morgan fingerprint density at radius 2 is 2.19 bits per heavy atom. The summed E-state index contributed by atoms with van der Waals surface area (Å²) in [4.78, 5) is 14.5. The Balaban J connectivity index is 3.09. The van der Waals surface area contributed by atoms with E-state index in [4.69, 9.17) is 11.6 Å². The van der Waals surface area contributed by atoms with Crippen molar-refractivity contribution in [3.8, 4) is 0 Å². The first-order valence-electron chi connectivity index (χ1n) is 5.23. The number of nitro groups is 1. The quantitative estimate of drug-likeness (QED) is 0.462. The van der Waals surface area contributed by atoms with E-state index in [1.807, 2.05) is 13.8 Å². The van der Waals surface area contributed by atoms with Gasteiger partial charge in [0.1, 0.15) is 5.69 Å². The fraction of sp³-hybridized carbons (Fsp3) is 0.545. The summed E-state index contributed by atoms with van der Waals surface area (Å²) < 4.78 is 0. The molecule has 0 aromatic carbocycles. The van der Waals surface area contributed by atoms with Gasteiger partial charge in [0.25, 0.3) is 5.69 Å². The van der Waals surface area contributed by atoms with Gasteiger partial charge >= 0.3 is 0 Å². The third-order valence-corrected chi connectivity index (χ3v) is 2.95. The van der Waals surface area contributed by atoms with Gasteiger partial charge in [0, 0.05) is 23.1 Å². The van der Waals surface area contributed by atoms with E-state index in [0.717, 1.165) is 12.1 Å². The van der Waals surface area contributed by atoms with Crippen LogP contribution < -0.4 is 0 Å². The van der Waals surface area contributed by atoms with Gasteiger partial charge < -0.3 is 0 Å². The molecule has 0 N–H and O–H groups in total. The van der Waals surface area contributed by atoms with Crippen molar-refractivity contribution >= 4 is 17.3 Å². The molecule has 88 valence electrons. The highest BCUT2D eigenvalue weighted by atomic mass is 35.5. The molecule has 0 aliphatic carbocycles. The molecule has 0 saturated heterocycles. The first kappa shape index (κ1) is 12.9. The summed E-state index contributed by atoms with van der Waals surface area (Å²) in [5, 5.41) is 10.6. The largest absolute Gasteiger partial charge is 0.290 e. The first-order valence-corrected chi connectivity index (χ1v) is 5.67. The second-order valence-corrected chi connectivity index (χ2v) is 4.48. The number of hydrogen-bond acceptors (Lipinski definition) is 3. The van der Waals surface area contributed by atoms with Gasteiger partial charge in [-0.1, -0.05) is 6.92 Å². The van der Waals surface area contributed by atoms with Crippen LogP contribution >= 0.6 is 11.6 Å². The molecule has 0 aliphatic rings. The van der Waals surface area contributed by atoms with Crippen LogP contribution in [0.3, 0.4) is 0 Å². The minimum atomic E-state index is -0.419. The van der Waals surface area contributed by atoms with Crippen molar-refractivity contribution < 1.29 is 4.92 Å². The summed E-state index contributed by atoms with van der Waals surface area (Å²) in [6.07, 6.45) is 0.870. The fourth-order valence-corrected chi connectivity index (χ4v) is 2.05. The van der Waals surface area contributed by atoms with Gasteiger partial charge in [0.15, 0.2) is 0 Å². The van der Waals surface area contributed by atoms with E-state index >= 15 is 0 Å². The molecule has 0 fully saturated rings. The molecule has 0 amide bonds. The number of pyridine rings is 1. The van der Waals surface area contributed by atoms with Crippen molar-refractivity contribution in [3.05, 3.63) is 33.6 Å². The molecular weight excluding hydrogens is 228 g/mol. The van der Waals surface area contributed by atoms with Crippen molar-refractivity contribution in [2.24, 2.45) is 0 Å². The van der Waals surface area contributed by atoms with Crippen LogP contribution in [-0.4, -0.2) is 15.3 Å². The zero-order chi connectivity index (χ0) is 12.3. The first-order chi connectivity index (χ1) is 7.47. The number of rotatable bonds is 4. The molecule has 2 atom stereocenters. The molecule has 1 heterocycles. The maximum absolute atomic E-state index is 10.6. The summed E-state index contributed by atoms with van der Waals surface area (Å²) in [6.45, 7) is 5.59. The van der Waals surface area contributed by atoms with Gasteiger partial charge in [0.05, 0.1) is 4.92 Å². The topological polar surface area (TPSA) is 56.0 Å². The maximum Gasteiger partial charge on any atom is 0.290 e. The molecule has 1 aromatic heterocycles. The third kappa shape index (κ3) is 2.70. The van der Waals surface area contributed by atoms with E-state index in [2.05, 4.69) is 4.98 Å². The van der Waals surface area contributed by atoms with Gasteiger partial charge in [-0.2, -0.15) is 0 Å². The molecule has 1 aromatic rings. The summed E-state index contributed by atoms with van der Waals surface area (Å²) in [6, 6.07) is 3.19. The summed E-state index contributed by atoms with van der Waals surface area (Å²) >= 11 is 6.06. The van der Waals surface area contributed by atoms with Crippen LogP contribution in [0.25, 0.3) is 0 Å². The Hall–Kier alpha value is -1.16. The van der Waals surface area contributed by atoms with Gasteiger partial charge in [-0.3, -0.25) is 15.1 Å². The smallest absolute Gasteiger partial charge is 0.258 e. The van der Waals surface area contributed by atoms with Crippen molar-refractivity contribution in [2.45, 2.75) is 38.5 Å². The highest BCUT2D eigenvalue weighted by Gasteiger charge is 2.19. The number of alkyl halides is 1. The summed E-state index contributed by atoms with van der Waals surface area (Å²) in [7, 11) is 0. The minimum Gasteiger partial charge on any atom is -0.258 e. The van der Waals surface area contributed by atoms with Gasteiger partial charge in [0.2, 0.25) is 0 Å². The molecule has 0 saturated carbocycles. The number of aromatic nitrogens is 1. The van der Waals surface area contributed by atoms with E-state index in [0.29, 0.717) is 5.69 Å².